The number of hydrogen-bond acceptors (Lipinski definition) is 2. The molecule has 2 unspecified atom stereocenters. The van der Waals surface area contributed by atoms with Gasteiger partial charge in [-0.1, -0.05) is 33.1 Å². The molecule has 2 atom stereocenters. The normalized spacial score (nSPS) is 13.1. The minimum Gasteiger partial charge on any atom is -0.308 e. The van der Waals surface area contributed by atoms with E-state index in [9.17, 15) is 0 Å². The van der Waals surface area contributed by atoms with Gasteiger partial charge in [-0.3, -0.25) is 0 Å². The highest BCUT2D eigenvalue weighted by Crippen LogP contribution is 2.12. The van der Waals surface area contributed by atoms with Crippen LogP contribution in [0.15, 0.2) is 0 Å². The molecule has 0 saturated heterocycles. The molecule has 0 N–H and O–H groups in total. The van der Waals surface area contributed by atoms with Gasteiger partial charge < -0.3 is 4.81 Å². The fraction of sp³-hybridized carbons (Fsp3) is 1.00. The molecule has 0 fully saturated rings. The van der Waals surface area contributed by atoms with E-state index >= 15 is 0 Å². The summed E-state index contributed by atoms with van der Waals surface area (Å²) in [4.78, 5) is 4.63. The molecule has 0 rings (SSSR count). The van der Waals surface area contributed by atoms with Crippen LogP contribution in [0.4, 0.5) is 0 Å². The highest BCUT2D eigenvalue weighted by molar-refractivity contribution is 7.09. The minimum absolute atomic E-state index is 0.487. The summed E-state index contributed by atoms with van der Waals surface area (Å²) in [7, 11) is 3.75. The van der Waals surface area contributed by atoms with Gasteiger partial charge in [-0.05, 0) is 5.82 Å². The monoisotopic (exact) mass is 161 g/mol. The van der Waals surface area contributed by atoms with Crippen molar-refractivity contribution in [2.24, 2.45) is 0 Å². The van der Waals surface area contributed by atoms with Crippen LogP contribution in [0, 0.1) is 0 Å². The Morgan fingerprint density at radius 3 is 2.80 bits per heavy atom. The van der Waals surface area contributed by atoms with E-state index in [1.165, 1.54) is 19.3 Å². The molecule has 0 saturated carbocycles. The van der Waals surface area contributed by atoms with Crippen molar-refractivity contribution in [3.05, 3.63) is 0 Å². The topological polar surface area (TPSA) is 18.5 Å². The van der Waals surface area contributed by atoms with Gasteiger partial charge in [-0.15, -0.1) is 0 Å². The van der Waals surface area contributed by atoms with Crippen LogP contribution in [0.25, 0.3) is 0 Å². The maximum atomic E-state index is 4.63. The Hall–Kier alpha value is 0.415. The summed E-state index contributed by atoms with van der Waals surface area (Å²) in [6, 6.07) is 0. The molecule has 59 valence electrons. The molecule has 0 spiro atoms. The van der Waals surface area contributed by atoms with Crippen molar-refractivity contribution in [2.45, 2.75) is 38.9 Å². The van der Waals surface area contributed by atoms with Crippen LogP contribution in [0.5, 0.6) is 0 Å². The summed E-state index contributed by atoms with van der Waals surface area (Å²) in [6.07, 6.45) is 3.66. The van der Waals surface area contributed by atoms with E-state index in [1.54, 1.807) is 7.48 Å². The second kappa shape index (κ2) is 7.52. The van der Waals surface area contributed by atoms with Crippen molar-refractivity contribution in [3.8, 4) is 0 Å². The van der Waals surface area contributed by atoms with Crippen LogP contribution in [0.1, 0.15) is 33.1 Å². The van der Waals surface area contributed by atoms with E-state index in [1.807, 2.05) is 9.47 Å². The van der Waals surface area contributed by atoms with E-state index in [0.29, 0.717) is 5.82 Å². The number of hydrogen-bond donors (Lipinski definition) is 0. The van der Waals surface area contributed by atoms with Crippen LogP contribution < -0.4 is 0 Å². The first kappa shape index (κ1) is 10.4. The van der Waals surface area contributed by atoms with E-state index in [2.05, 4.69) is 23.3 Å². The zero-order chi connectivity index (χ0) is 7.82. The van der Waals surface area contributed by atoms with E-state index in [4.69, 9.17) is 0 Å². The summed E-state index contributed by atoms with van der Waals surface area (Å²) in [5, 5.41) is 0. The first-order valence-electron chi connectivity index (χ1n) is 3.66. The lowest BCUT2D eigenvalue weighted by Crippen LogP contribution is -2.02. The Morgan fingerprint density at radius 2 is 2.30 bits per heavy atom. The molecule has 4 heteroatoms. The summed E-state index contributed by atoms with van der Waals surface area (Å²) in [6.45, 7) is 4.29. The van der Waals surface area contributed by atoms with Gasteiger partial charge in [0.2, 0.25) is 0 Å². The van der Waals surface area contributed by atoms with Crippen LogP contribution in [0.3, 0.4) is 0 Å². The Kier molecular flexibility index (Phi) is 7.83. The molecule has 0 aromatic heterocycles. The van der Waals surface area contributed by atoms with E-state index in [0.717, 1.165) is 0 Å². The van der Waals surface area contributed by atoms with Crippen molar-refractivity contribution in [1.82, 2.24) is 0 Å². The lowest BCUT2D eigenvalue weighted by Gasteiger charge is -2.05. The largest absolute Gasteiger partial charge is 0.347 e. The SMILES string of the molecule is CCCCC(C)[B]OOP. The Bertz CT molecular complexity index is 64.8. The third-order valence-corrected chi connectivity index (χ3v) is 1.47. The van der Waals surface area contributed by atoms with E-state index < -0.39 is 0 Å². The van der Waals surface area contributed by atoms with Gasteiger partial charge in [-0.25, -0.2) is 4.67 Å². The fourth-order valence-corrected chi connectivity index (χ4v) is 0.785. The quantitative estimate of drug-likeness (QED) is 0.257. The molecular formula is C6H15BO2P. The number of unbranched alkanes of at least 4 members (excludes halogenated alkanes) is 1. The van der Waals surface area contributed by atoms with Gasteiger partial charge in [0.05, 0.1) is 0 Å². The zero-order valence-electron chi connectivity index (χ0n) is 6.67. The molecular weight excluding hydrogens is 146 g/mol. The lowest BCUT2D eigenvalue weighted by molar-refractivity contribution is -0.0805. The standard InChI is InChI=1S/C6H15BO2P/c1-3-4-5-6(2)7-8-9-10/h6H,3-5,10H2,1-2H3. The molecule has 1 radical (unpaired) electrons. The minimum atomic E-state index is 0.487. The molecule has 0 bridgehead atoms. The van der Waals surface area contributed by atoms with Crippen molar-refractivity contribution in [1.29, 1.82) is 0 Å². The molecule has 0 aromatic carbocycles. The Labute approximate surface area is 66.2 Å². The maximum absolute atomic E-state index is 4.63. The van der Waals surface area contributed by atoms with Crippen LogP contribution in [-0.2, 0) is 9.48 Å². The molecule has 0 aliphatic rings. The second-order valence-corrected chi connectivity index (χ2v) is 2.64. The molecule has 10 heavy (non-hydrogen) atoms. The summed E-state index contributed by atoms with van der Waals surface area (Å²) in [5.41, 5.74) is 0. The van der Waals surface area contributed by atoms with Gasteiger partial charge in [0.1, 0.15) is 0 Å². The van der Waals surface area contributed by atoms with Gasteiger partial charge in [0, 0.05) is 9.47 Å². The molecule has 2 nitrogen and oxygen atoms in total. The second-order valence-electron chi connectivity index (χ2n) is 2.45. The lowest BCUT2D eigenvalue weighted by atomic mass is 9.79. The van der Waals surface area contributed by atoms with Crippen molar-refractivity contribution < 1.29 is 9.48 Å². The first-order valence-corrected chi connectivity index (χ1v) is 4.14. The maximum Gasteiger partial charge on any atom is 0.347 e. The molecule has 0 aliphatic carbocycles. The third kappa shape index (κ3) is 6.53. The molecule has 0 aromatic rings. The van der Waals surface area contributed by atoms with Gasteiger partial charge in [-0.2, -0.15) is 0 Å². The smallest absolute Gasteiger partial charge is 0.308 e. The predicted molar refractivity (Wildman–Crippen MR) is 46.6 cm³/mol. The summed E-state index contributed by atoms with van der Waals surface area (Å²) in [5.74, 6) is 0.487. The van der Waals surface area contributed by atoms with Gasteiger partial charge >= 0.3 is 7.48 Å². The molecule has 0 aliphatic heterocycles. The summed E-state index contributed by atoms with van der Waals surface area (Å²) >= 11 is 0. The highest BCUT2D eigenvalue weighted by Gasteiger charge is 2.04. The molecule has 0 heterocycles. The highest BCUT2D eigenvalue weighted by atomic mass is 31.0. The third-order valence-electron chi connectivity index (χ3n) is 1.36. The zero-order valence-corrected chi connectivity index (χ0v) is 7.82. The van der Waals surface area contributed by atoms with Crippen LogP contribution >= 0.6 is 9.47 Å². The van der Waals surface area contributed by atoms with Crippen molar-refractivity contribution >= 4 is 16.9 Å². The van der Waals surface area contributed by atoms with Crippen molar-refractivity contribution in [3.63, 3.8) is 0 Å². The molecule has 0 amide bonds. The van der Waals surface area contributed by atoms with Gasteiger partial charge in [0.15, 0.2) is 0 Å². The fourth-order valence-electron chi connectivity index (χ4n) is 0.721. The van der Waals surface area contributed by atoms with E-state index in [-0.39, 0.29) is 0 Å². The predicted octanol–water partition coefficient (Wildman–Crippen LogP) is 2.34. The van der Waals surface area contributed by atoms with Crippen LogP contribution in [0.2, 0.25) is 5.82 Å². The van der Waals surface area contributed by atoms with Crippen molar-refractivity contribution in [2.75, 3.05) is 0 Å². The average Bonchev–Trinajstić information content (AvgIpc) is 1.97. The van der Waals surface area contributed by atoms with Gasteiger partial charge in [0.25, 0.3) is 0 Å². The first-order chi connectivity index (χ1) is 4.81. The average molecular weight is 161 g/mol. The summed E-state index contributed by atoms with van der Waals surface area (Å²) < 4.78 is 4.35. The Morgan fingerprint density at radius 1 is 1.60 bits per heavy atom. The Balaban J connectivity index is 3.00. The van der Waals surface area contributed by atoms with Crippen LogP contribution in [-0.4, -0.2) is 7.48 Å². The number of rotatable bonds is 6.